The lowest BCUT2D eigenvalue weighted by Crippen LogP contribution is -2.34. The minimum absolute atomic E-state index is 0.0957. The summed E-state index contributed by atoms with van der Waals surface area (Å²) in [6, 6.07) is 17.8. The molecule has 2 amide bonds. The number of alkyl halides is 3. The normalized spacial score (nSPS) is 14.8. The summed E-state index contributed by atoms with van der Waals surface area (Å²) >= 11 is 6.91. The Balaban J connectivity index is 1.32. The Labute approximate surface area is 255 Å². The van der Waals surface area contributed by atoms with Gasteiger partial charge in [0.15, 0.2) is 0 Å². The molecule has 5 rings (SSSR count). The molecular weight excluding hydrogens is 601 g/mol. The number of piperidine rings is 1. The van der Waals surface area contributed by atoms with Crippen LogP contribution in [-0.4, -0.2) is 47.7 Å². The molecule has 7 nitrogen and oxygen atoms in total. The fourth-order valence-electron chi connectivity index (χ4n) is 4.99. The molecule has 3 N–H and O–H groups in total. The molecule has 4 aromatic rings. The summed E-state index contributed by atoms with van der Waals surface area (Å²) in [6.07, 6.45) is -1.67. The fraction of sp³-hybridized carbons (Fsp3) is 0.258. The van der Waals surface area contributed by atoms with E-state index in [9.17, 15) is 27.9 Å². The zero-order chi connectivity index (χ0) is 30.6. The van der Waals surface area contributed by atoms with Crippen molar-refractivity contribution in [3.05, 3.63) is 99.6 Å². The van der Waals surface area contributed by atoms with E-state index in [0.717, 1.165) is 54.5 Å². The van der Waals surface area contributed by atoms with Crippen LogP contribution in [0.4, 0.5) is 18.2 Å². The highest BCUT2D eigenvalue weighted by Crippen LogP contribution is 2.37. The number of nitrogens with one attached hydrogen (secondary N) is 2. The van der Waals surface area contributed by atoms with Crippen molar-refractivity contribution in [1.29, 1.82) is 0 Å². The number of benzene rings is 3. The van der Waals surface area contributed by atoms with Gasteiger partial charge in [0.1, 0.15) is 5.00 Å². The number of nitrogens with zero attached hydrogens (tertiary/aromatic N) is 2. The molecule has 2 heterocycles. The summed E-state index contributed by atoms with van der Waals surface area (Å²) < 4.78 is 40.4. The maximum atomic E-state index is 13.3. The number of halogens is 4. The molecule has 0 spiro atoms. The summed E-state index contributed by atoms with van der Waals surface area (Å²) in [5, 5.41) is 16.6. The second kappa shape index (κ2) is 13.3. The van der Waals surface area contributed by atoms with Gasteiger partial charge in [-0.2, -0.15) is 18.3 Å². The van der Waals surface area contributed by atoms with Crippen molar-refractivity contribution in [2.75, 3.05) is 25.0 Å². The third-order valence-corrected chi connectivity index (χ3v) is 8.70. The van der Waals surface area contributed by atoms with Crippen LogP contribution < -0.4 is 10.7 Å². The molecule has 1 fully saturated rings. The molecule has 1 aliphatic heterocycles. The number of likely N-dealkylation sites (tertiary alicyclic amines) is 1. The first-order chi connectivity index (χ1) is 20.6. The van der Waals surface area contributed by atoms with Crippen LogP contribution in [-0.2, 0) is 12.7 Å². The molecule has 1 aromatic heterocycles. The van der Waals surface area contributed by atoms with Crippen LogP contribution in [0.5, 0.6) is 0 Å². The molecule has 0 saturated carbocycles. The Morgan fingerprint density at radius 1 is 1.05 bits per heavy atom. The van der Waals surface area contributed by atoms with E-state index in [4.69, 9.17) is 11.6 Å². The molecule has 12 heteroatoms. The lowest BCUT2D eigenvalue weighted by molar-refractivity contribution is -0.137. The number of aliphatic hydroxyl groups is 1. The maximum Gasteiger partial charge on any atom is 0.417 e. The van der Waals surface area contributed by atoms with E-state index in [0.29, 0.717) is 28.4 Å². The number of thiophene rings is 1. The molecule has 1 saturated heterocycles. The summed E-state index contributed by atoms with van der Waals surface area (Å²) in [5.74, 6) is -0.675. The van der Waals surface area contributed by atoms with Crippen molar-refractivity contribution in [2.24, 2.45) is 11.0 Å². The topological polar surface area (TPSA) is 94.0 Å². The minimum atomic E-state index is -4.64. The zero-order valence-electron chi connectivity index (χ0n) is 22.8. The SMILES string of the molecule is O=C(Nc1sc2ccccc2c1C(=O)N/N=C\c1ccc(Cl)c(C(F)(F)F)c1)c1cccc(CN2CCC(CO)CC2)c1. The van der Waals surface area contributed by atoms with E-state index >= 15 is 0 Å². The van der Waals surface area contributed by atoms with Gasteiger partial charge < -0.3 is 10.4 Å². The number of hydrazone groups is 1. The van der Waals surface area contributed by atoms with E-state index in [2.05, 4.69) is 20.7 Å². The fourth-order valence-corrected chi connectivity index (χ4v) is 6.31. The molecule has 0 aliphatic carbocycles. The van der Waals surface area contributed by atoms with Crippen molar-refractivity contribution >= 4 is 56.1 Å². The van der Waals surface area contributed by atoms with Gasteiger partial charge in [0, 0.05) is 28.8 Å². The Morgan fingerprint density at radius 2 is 1.81 bits per heavy atom. The quantitative estimate of drug-likeness (QED) is 0.148. The number of carbonyl (C=O) groups excluding carboxylic acids is 2. The smallest absolute Gasteiger partial charge is 0.396 e. The number of aliphatic hydroxyl groups excluding tert-OH is 1. The third kappa shape index (κ3) is 7.42. The molecule has 43 heavy (non-hydrogen) atoms. The predicted molar refractivity (Wildman–Crippen MR) is 163 cm³/mol. The summed E-state index contributed by atoms with van der Waals surface area (Å²) in [5.41, 5.74) is 3.07. The van der Waals surface area contributed by atoms with Crippen molar-refractivity contribution in [2.45, 2.75) is 25.6 Å². The van der Waals surface area contributed by atoms with Gasteiger partial charge in [-0.05, 0) is 73.3 Å². The number of hydrogen-bond donors (Lipinski definition) is 3. The van der Waals surface area contributed by atoms with Crippen LogP contribution in [0.3, 0.4) is 0 Å². The first kappa shape index (κ1) is 30.7. The van der Waals surface area contributed by atoms with Gasteiger partial charge in [0.2, 0.25) is 0 Å². The van der Waals surface area contributed by atoms with Crippen LogP contribution in [0, 0.1) is 5.92 Å². The van der Waals surface area contributed by atoms with Crippen molar-refractivity contribution in [3.63, 3.8) is 0 Å². The zero-order valence-corrected chi connectivity index (χ0v) is 24.4. The van der Waals surface area contributed by atoms with Gasteiger partial charge >= 0.3 is 6.18 Å². The Kier molecular flexibility index (Phi) is 9.46. The van der Waals surface area contributed by atoms with Crippen LogP contribution in [0.15, 0.2) is 71.8 Å². The van der Waals surface area contributed by atoms with E-state index < -0.39 is 22.7 Å². The van der Waals surface area contributed by atoms with Crippen LogP contribution >= 0.6 is 22.9 Å². The van der Waals surface area contributed by atoms with E-state index in [1.807, 2.05) is 30.3 Å². The van der Waals surface area contributed by atoms with E-state index in [1.165, 1.54) is 17.4 Å². The molecular formula is C31H28ClF3N4O3S. The summed E-state index contributed by atoms with van der Waals surface area (Å²) in [6.45, 7) is 2.66. The van der Waals surface area contributed by atoms with Gasteiger partial charge in [-0.25, -0.2) is 5.43 Å². The predicted octanol–water partition coefficient (Wildman–Crippen LogP) is 6.79. The highest BCUT2D eigenvalue weighted by atomic mass is 35.5. The molecule has 0 radical (unpaired) electrons. The lowest BCUT2D eigenvalue weighted by atomic mass is 9.97. The van der Waals surface area contributed by atoms with Gasteiger partial charge in [-0.3, -0.25) is 14.5 Å². The van der Waals surface area contributed by atoms with Gasteiger partial charge in [0.25, 0.3) is 11.8 Å². The first-order valence-electron chi connectivity index (χ1n) is 13.6. The molecule has 1 aliphatic rings. The molecule has 0 atom stereocenters. The monoisotopic (exact) mass is 628 g/mol. The van der Waals surface area contributed by atoms with Crippen LogP contribution in [0.25, 0.3) is 10.1 Å². The summed E-state index contributed by atoms with van der Waals surface area (Å²) in [7, 11) is 0. The van der Waals surface area contributed by atoms with E-state index in [-0.39, 0.29) is 23.6 Å². The van der Waals surface area contributed by atoms with Gasteiger partial charge in [-0.1, -0.05) is 48.0 Å². The Bertz CT molecular complexity index is 1670. The second-order valence-corrected chi connectivity index (χ2v) is 11.8. The largest absolute Gasteiger partial charge is 0.417 e. The molecule has 224 valence electrons. The highest BCUT2D eigenvalue weighted by Gasteiger charge is 2.33. The molecule has 0 bridgehead atoms. The number of hydrogen-bond acceptors (Lipinski definition) is 6. The second-order valence-electron chi connectivity index (χ2n) is 10.3. The average Bonchev–Trinajstić information content (AvgIpc) is 3.35. The average molecular weight is 629 g/mol. The van der Waals surface area contributed by atoms with Gasteiger partial charge in [-0.15, -0.1) is 11.3 Å². The number of carbonyl (C=O) groups is 2. The number of fused-ring (bicyclic) bond motifs is 1. The van der Waals surface area contributed by atoms with Crippen molar-refractivity contribution in [1.82, 2.24) is 10.3 Å². The Morgan fingerprint density at radius 3 is 2.56 bits per heavy atom. The molecule has 0 unspecified atom stereocenters. The number of rotatable bonds is 8. The van der Waals surface area contributed by atoms with Crippen LogP contribution in [0.1, 0.15) is 50.2 Å². The van der Waals surface area contributed by atoms with Crippen LogP contribution in [0.2, 0.25) is 5.02 Å². The minimum Gasteiger partial charge on any atom is -0.396 e. The highest BCUT2D eigenvalue weighted by molar-refractivity contribution is 7.23. The number of amides is 2. The standard InChI is InChI=1S/C31H28ClF3N4O3S/c32-25-9-8-20(15-24(25)31(33,34)35)16-36-38-29(42)27-23-6-1-2-7-26(23)43-30(27)37-28(41)22-5-3-4-21(14-22)17-39-12-10-19(18-40)11-13-39/h1-9,14-16,19,40H,10-13,17-18H2,(H,37,41)(H,38,42)/b36-16-. The first-order valence-corrected chi connectivity index (χ1v) is 14.8. The lowest BCUT2D eigenvalue weighted by Gasteiger charge is -2.31. The summed E-state index contributed by atoms with van der Waals surface area (Å²) in [4.78, 5) is 28.9. The molecule has 3 aromatic carbocycles. The van der Waals surface area contributed by atoms with Crippen molar-refractivity contribution in [3.8, 4) is 0 Å². The number of anilines is 1. The Hall–Kier alpha value is -3.77. The van der Waals surface area contributed by atoms with Gasteiger partial charge in [0.05, 0.1) is 22.4 Å². The van der Waals surface area contributed by atoms with Crippen molar-refractivity contribution < 1.29 is 27.9 Å². The van der Waals surface area contributed by atoms with E-state index in [1.54, 1.807) is 18.2 Å². The maximum absolute atomic E-state index is 13.3. The third-order valence-electron chi connectivity index (χ3n) is 7.29.